The predicted molar refractivity (Wildman–Crippen MR) is 92.9 cm³/mol. The Kier molecular flexibility index (Phi) is 5.49. The van der Waals surface area contributed by atoms with Gasteiger partial charge < -0.3 is 10.1 Å². The minimum Gasteiger partial charge on any atom is -0.406 e. The van der Waals surface area contributed by atoms with Crippen molar-refractivity contribution in [2.75, 3.05) is 5.32 Å². The number of ketones is 1. The average molecular weight is 363 g/mol. The molecule has 0 bridgehead atoms. The molecule has 1 aliphatic carbocycles. The summed E-state index contributed by atoms with van der Waals surface area (Å²) in [7, 11) is 0. The number of ether oxygens (including phenoxy) is 1. The highest BCUT2D eigenvalue weighted by atomic mass is 19.4. The van der Waals surface area contributed by atoms with E-state index in [0.717, 1.165) is 24.8 Å². The van der Waals surface area contributed by atoms with Crippen molar-refractivity contribution in [1.82, 2.24) is 0 Å². The van der Waals surface area contributed by atoms with E-state index in [1.165, 1.54) is 24.3 Å². The number of Topliss-reactive ketones (excluding diaryl/α,β-unsaturated/α-hetero) is 1. The van der Waals surface area contributed by atoms with Crippen LogP contribution in [-0.2, 0) is 4.79 Å². The molecule has 0 heterocycles. The van der Waals surface area contributed by atoms with Crippen LogP contribution in [0.3, 0.4) is 0 Å². The second-order valence-electron chi connectivity index (χ2n) is 6.42. The Morgan fingerprint density at radius 1 is 1.00 bits per heavy atom. The van der Waals surface area contributed by atoms with Gasteiger partial charge in [-0.2, -0.15) is 0 Å². The van der Waals surface area contributed by atoms with Crippen LogP contribution in [0.5, 0.6) is 5.75 Å². The molecule has 1 fully saturated rings. The maximum Gasteiger partial charge on any atom is 0.573 e. The highest BCUT2D eigenvalue weighted by molar-refractivity contribution is 5.83. The van der Waals surface area contributed by atoms with E-state index in [4.69, 9.17) is 0 Å². The topological polar surface area (TPSA) is 38.3 Å². The third-order valence-corrected chi connectivity index (χ3v) is 4.57. The maximum absolute atomic E-state index is 12.4. The van der Waals surface area contributed by atoms with Crippen molar-refractivity contribution in [1.29, 1.82) is 0 Å². The van der Waals surface area contributed by atoms with Crippen LogP contribution in [0.1, 0.15) is 37.3 Å². The molecule has 2 aromatic carbocycles. The van der Waals surface area contributed by atoms with Crippen LogP contribution < -0.4 is 10.1 Å². The Morgan fingerprint density at radius 3 is 2.31 bits per heavy atom. The van der Waals surface area contributed by atoms with E-state index in [2.05, 4.69) is 10.1 Å². The molecule has 2 unspecified atom stereocenters. The Hall–Kier alpha value is -2.50. The molecule has 3 nitrogen and oxygen atoms in total. The van der Waals surface area contributed by atoms with Crippen molar-refractivity contribution in [3.05, 3.63) is 60.2 Å². The SMILES string of the molecule is O=C1CCCCC1C(Nc1ccc(OC(F)(F)F)cc1)c1ccccc1. The van der Waals surface area contributed by atoms with Crippen LogP contribution in [0.15, 0.2) is 54.6 Å². The lowest BCUT2D eigenvalue weighted by Gasteiger charge is -2.31. The van der Waals surface area contributed by atoms with Crippen molar-refractivity contribution in [2.45, 2.75) is 38.1 Å². The normalized spacial score (nSPS) is 19.0. The van der Waals surface area contributed by atoms with E-state index in [9.17, 15) is 18.0 Å². The van der Waals surface area contributed by atoms with Gasteiger partial charge >= 0.3 is 6.36 Å². The van der Waals surface area contributed by atoms with Gasteiger partial charge in [0, 0.05) is 18.0 Å². The molecule has 1 aliphatic rings. The summed E-state index contributed by atoms with van der Waals surface area (Å²) in [5, 5.41) is 3.33. The number of halogens is 3. The van der Waals surface area contributed by atoms with Gasteiger partial charge in [0.25, 0.3) is 0 Å². The molecule has 0 spiro atoms. The molecule has 26 heavy (non-hydrogen) atoms. The van der Waals surface area contributed by atoms with Crippen molar-refractivity contribution in [2.24, 2.45) is 5.92 Å². The van der Waals surface area contributed by atoms with Crippen LogP contribution in [-0.4, -0.2) is 12.1 Å². The summed E-state index contributed by atoms with van der Waals surface area (Å²) in [5.74, 6) is -0.181. The molecule has 0 aromatic heterocycles. The molecule has 0 saturated heterocycles. The van der Waals surface area contributed by atoms with Gasteiger partial charge in [0.15, 0.2) is 0 Å². The second-order valence-corrected chi connectivity index (χ2v) is 6.42. The highest BCUT2D eigenvalue weighted by Gasteiger charge is 2.32. The van der Waals surface area contributed by atoms with Crippen LogP contribution in [0.4, 0.5) is 18.9 Å². The maximum atomic E-state index is 12.4. The van der Waals surface area contributed by atoms with E-state index >= 15 is 0 Å². The molecule has 3 rings (SSSR count). The van der Waals surface area contributed by atoms with Gasteiger partial charge in [-0.15, -0.1) is 13.2 Å². The van der Waals surface area contributed by atoms with Crippen molar-refractivity contribution in [3.8, 4) is 5.75 Å². The summed E-state index contributed by atoms with van der Waals surface area (Å²) in [4.78, 5) is 12.4. The first kappa shape index (κ1) is 18.3. The predicted octanol–water partition coefficient (Wildman–Crippen LogP) is 5.50. The third kappa shape index (κ3) is 4.77. The molecule has 0 radical (unpaired) electrons. The Bertz CT molecular complexity index is 729. The summed E-state index contributed by atoms with van der Waals surface area (Å²) in [5.41, 5.74) is 1.63. The number of hydrogen-bond acceptors (Lipinski definition) is 3. The van der Waals surface area contributed by atoms with Gasteiger partial charge in [-0.05, 0) is 42.7 Å². The quantitative estimate of drug-likeness (QED) is 0.762. The molecule has 6 heteroatoms. The lowest BCUT2D eigenvalue weighted by Crippen LogP contribution is -2.30. The Labute approximate surface area is 150 Å². The summed E-state index contributed by atoms with van der Waals surface area (Å²) >= 11 is 0. The van der Waals surface area contributed by atoms with Gasteiger partial charge in [0.1, 0.15) is 11.5 Å². The number of alkyl halides is 3. The molecule has 0 amide bonds. The summed E-state index contributed by atoms with van der Waals surface area (Å²) < 4.78 is 40.7. The van der Waals surface area contributed by atoms with E-state index in [-0.39, 0.29) is 23.5 Å². The van der Waals surface area contributed by atoms with Crippen molar-refractivity contribution in [3.63, 3.8) is 0 Å². The Morgan fingerprint density at radius 2 is 1.69 bits per heavy atom. The third-order valence-electron chi connectivity index (χ3n) is 4.57. The van der Waals surface area contributed by atoms with Crippen LogP contribution in [0, 0.1) is 5.92 Å². The fourth-order valence-corrected chi connectivity index (χ4v) is 3.37. The van der Waals surface area contributed by atoms with Gasteiger partial charge in [-0.3, -0.25) is 4.79 Å². The molecular weight excluding hydrogens is 343 g/mol. The van der Waals surface area contributed by atoms with Crippen molar-refractivity contribution < 1.29 is 22.7 Å². The minimum atomic E-state index is -4.71. The molecule has 2 atom stereocenters. The minimum absolute atomic E-state index is 0.141. The Balaban J connectivity index is 1.80. The summed E-state index contributed by atoms with van der Waals surface area (Å²) in [6.45, 7) is 0. The number of anilines is 1. The number of carbonyl (C=O) groups excluding carboxylic acids is 1. The molecule has 138 valence electrons. The highest BCUT2D eigenvalue weighted by Crippen LogP contribution is 2.35. The fourth-order valence-electron chi connectivity index (χ4n) is 3.37. The number of carbonyl (C=O) groups is 1. The van der Waals surface area contributed by atoms with Crippen LogP contribution >= 0.6 is 0 Å². The zero-order valence-corrected chi connectivity index (χ0v) is 14.1. The van der Waals surface area contributed by atoms with Gasteiger partial charge in [-0.25, -0.2) is 0 Å². The lowest BCUT2D eigenvalue weighted by molar-refractivity contribution is -0.274. The fraction of sp³-hybridized carbons (Fsp3) is 0.350. The molecule has 1 N–H and O–H groups in total. The largest absolute Gasteiger partial charge is 0.573 e. The van der Waals surface area contributed by atoms with Gasteiger partial charge in [-0.1, -0.05) is 36.8 Å². The van der Waals surface area contributed by atoms with Crippen molar-refractivity contribution >= 4 is 11.5 Å². The molecule has 1 saturated carbocycles. The van der Waals surface area contributed by atoms with E-state index < -0.39 is 6.36 Å². The zero-order chi connectivity index (χ0) is 18.6. The first-order chi connectivity index (χ1) is 12.4. The zero-order valence-electron chi connectivity index (χ0n) is 14.1. The van der Waals surface area contributed by atoms with Crippen LogP contribution in [0.25, 0.3) is 0 Å². The summed E-state index contributed by atoms with van der Waals surface area (Å²) in [6.07, 6.45) is -1.41. The number of hydrogen-bond donors (Lipinski definition) is 1. The average Bonchev–Trinajstić information content (AvgIpc) is 2.61. The van der Waals surface area contributed by atoms with E-state index in [1.807, 2.05) is 30.3 Å². The first-order valence-corrected chi connectivity index (χ1v) is 8.62. The number of rotatable bonds is 5. The van der Waals surface area contributed by atoms with Crippen LogP contribution in [0.2, 0.25) is 0 Å². The molecule has 2 aromatic rings. The molecular formula is C20H20F3NO2. The molecule has 0 aliphatic heterocycles. The summed E-state index contributed by atoms with van der Waals surface area (Å²) in [6, 6.07) is 15.0. The van der Waals surface area contributed by atoms with E-state index in [1.54, 1.807) is 0 Å². The monoisotopic (exact) mass is 363 g/mol. The van der Waals surface area contributed by atoms with Gasteiger partial charge in [0.2, 0.25) is 0 Å². The lowest BCUT2D eigenvalue weighted by atomic mass is 9.80. The first-order valence-electron chi connectivity index (χ1n) is 8.62. The number of nitrogens with one attached hydrogen (secondary N) is 1. The standard InChI is InChI=1S/C20H20F3NO2/c21-20(22,23)26-16-12-10-15(11-13-16)24-19(14-6-2-1-3-7-14)17-8-4-5-9-18(17)25/h1-3,6-7,10-13,17,19,24H,4-5,8-9H2. The number of benzene rings is 2. The smallest absolute Gasteiger partial charge is 0.406 e. The van der Waals surface area contributed by atoms with E-state index in [0.29, 0.717) is 12.1 Å². The van der Waals surface area contributed by atoms with Gasteiger partial charge in [0.05, 0.1) is 6.04 Å². The second kappa shape index (κ2) is 7.81.